The second kappa shape index (κ2) is 4.82. The molecular weight excluding hydrogens is 254 g/mol. The highest BCUT2D eigenvalue weighted by molar-refractivity contribution is 7.91. The maximum atomic E-state index is 11.2. The molecule has 16 heavy (non-hydrogen) atoms. The van der Waals surface area contributed by atoms with Crippen molar-refractivity contribution in [2.24, 2.45) is 22.9 Å². The number of rotatable bonds is 3. The van der Waals surface area contributed by atoms with E-state index in [1.54, 1.807) is 0 Å². The fourth-order valence-electron chi connectivity index (χ4n) is 0.826. The Kier molecular flexibility index (Phi) is 3.91. The summed E-state index contributed by atoms with van der Waals surface area (Å²) in [4.78, 5) is 15.0. The average Bonchev–Trinajstić information content (AvgIpc) is 2.47. The highest BCUT2D eigenvalue weighted by Gasteiger charge is 2.14. The average molecular weight is 265 g/mol. The minimum Gasteiger partial charge on any atom is -0.330 e. The van der Waals surface area contributed by atoms with Crippen LogP contribution in [0.4, 0.5) is 0 Å². The van der Waals surface area contributed by atoms with Crippen molar-refractivity contribution in [3.05, 3.63) is 4.80 Å². The van der Waals surface area contributed by atoms with Crippen LogP contribution < -0.4 is 15.7 Å². The van der Waals surface area contributed by atoms with Gasteiger partial charge in [-0.1, -0.05) is 11.3 Å². The van der Waals surface area contributed by atoms with Gasteiger partial charge >= 0.3 is 0 Å². The Labute approximate surface area is 95.6 Å². The third-order valence-electron chi connectivity index (χ3n) is 1.51. The van der Waals surface area contributed by atoms with E-state index in [0.717, 1.165) is 11.3 Å². The number of nitrogens with zero attached hydrogens (tertiary/aromatic N) is 3. The number of aryl methyl sites for hydroxylation is 1. The minimum absolute atomic E-state index is 0.0998. The molecule has 1 aromatic rings. The summed E-state index contributed by atoms with van der Waals surface area (Å²) in [5, 5.41) is 8.53. The van der Waals surface area contributed by atoms with E-state index in [9.17, 15) is 13.2 Å². The maximum Gasteiger partial charge on any atom is 0.267 e. The van der Waals surface area contributed by atoms with Crippen LogP contribution >= 0.6 is 11.3 Å². The van der Waals surface area contributed by atoms with Crippen LogP contribution in [0.2, 0.25) is 0 Å². The van der Waals surface area contributed by atoms with Gasteiger partial charge in [0.1, 0.15) is 0 Å². The van der Waals surface area contributed by atoms with Crippen LogP contribution in [-0.4, -0.2) is 30.7 Å². The predicted octanol–water partition coefficient (Wildman–Crippen LogP) is -2.09. The van der Waals surface area contributed by atoms with Crippen molar-refractivity contribution in [2.75, 3.05) is 6.54 Å². The van der Waals surface area contributed by atoms with Gasteiger partial charge in [-0.15, -0.1) is 5.10 Å². The number of sulfonamides is 1. The highest BCUT2D eigenvalue weighted by Crippen LogP contribution is 2.04. The lowest BCUT2D eigenvalue weighted by Crippen LogP contribution is -2.16. The molecule has 0 spiro atoms. The van der Waals surface area contributed by atoms with Crippen LogP contribution in [0, 0.1) is 0 Å². The van der Waals surface area contributed by atoms with Gasteiger partial charge in [0.05, 0.1) is 0 Å². The zero-order chi connectivity index (χ0) is 12.3. The van der Waals surface area contributed by atoms with Crippen molar-refractivity contribution >= 4 is 27.3 Å². The van der Waals surface area contributed by atoms with E-state index in [0.29, 0.717) is 0 Å². The van der Waals surface area contributed by atoms with Crippen molar-refractivity contribution < 1.29 is 13.2 Å². The molecule has 1 amide bonds. The van der Waals surface area contributed by atoms with Gasteiger partial charge in [-0.25, -0.2) is 18.2 Å². The lowest BCUT2D eigenvalue weighted by atomic mass is 10.4. The van der Waals surface area contributed by atoms with E-state index in [1.807, 2.05) is 0 Å². The molecule has 0 atom stereocenters. The molecule has 0 aliphatic carbocycles. The number of aromatic nitrogens is 2. The standard InChI is InChI=1S/C6H11N5O3S2/c1-11-5(9-4(12)2-3-7)15-6(10-11)16(8,13)14/h2-3,7H2,1H3,(H2,8,13,14). The normalized spacial score (nSPS) is 13.1. The first-order valence-corrected chi connectivity index (χ1v) is 6.55. The fourth-order valence-corrected chi connectivity index (χ4v) is 2.39. The first-order valence-electron chi connectivity index (χ1n) is 4.19. The monoisotopic (exact) mass is 265 g/mol. The molecule has 0 saturated carbocycles. The van der Waals surface area contributed by atoms with E-state index in [-0.39, 0.29) is 22.1 Å². The Hall–Kier alpha value is -1.10. The topological polar surface area (TPSA) is 133 Å². The summed E-state index contributed by atoms with van der Waals surface area (Å²) < 4.78 is 22.8. The van der Waals surface area contributed by atoms with Crippen LogP contribution in [0.3, 0.4) is 0 Å². The summed E-state index contributed by atoms with van der Waals surface area (Å²) in [7, 11) is -2.39. The van der Waals surface area contributed by atoms with Crippen LogP contribution in [0.1, 0.15) is 6.42 Å². The minimum atomic E-state index is -3.86. The van der Waals surface area contributed by atoms with Gasteiger partial charge in [0.2, 0.25) is 15.0 Å². The van der Waals surface area contributed by atoms with Gasteiger partial charge < -0.3 is 5.73 Å². The van der Waals surface area contributed by atoms with Gasteiger partial charge in [0.25, 0.3) is 10.0 Å². The van der Waals surface area contributed by atoms with Crippen LogP contribution in [0.15, 0.2) is 9.33 Å². The summed E-state index contributed by atoms with van der Waals surface area (Å²) in [5.74, 6) is -0.428. The molecule has 1 rings (SSSR count). The predicted molar refractivity (Wildman–Crippen MR) is 56.7 cm³/mol. The van der Waals surface area contributed by atoms with Crippen molar-refractivity contribution in [1.82, 2.24) is 9.78 Å². The third kappa shape index (κ3) is 3.20. The molecule has 0 fully saturated rings. The Balaban J connectivity index is 3.17. The number of hydrogen-bond donors (Lipinski definition) is 2. The van der Waals surface area contributed by atoms with Crippen LogP contribution in [0.25, 0.3) is 0 Å². The van der Waals surface area contributed by atoms with E-state index >= 15 is 0 Å². The van der Waals surface area contributed by atoms with Gasteiger partial charge in [-0.3, -0.25) is 4.79 Å². The van der Waals surface area contributed by atoms with E-state index in [1.165, 1.54) is 11.7 Å². The lowest BCUT2D eigenvalue weighted by Gasteiger charge is -1.88. The summed E-state index contributed by atoms with van der Waals surface area (Å²) in [5.41, 5.74) is 5.18. The molecule has 1 heterocycles. The molecule has 0 bridgehead atoms. The van der Waals surface area contributed by atoms with Crippen LogP contribution in [0.5, 0.6) is 0 Å². The summed E-state index contributed by atoms with van der Waals surface area (Å²) in [6, 6.07) is 0. The zero-order valence-electron chi connectivity index (χ0n) is 8.45. The number of amides is 1. The highest BCUT2D eigenvalue weighted by atomic mass is 32.2. The van der Waals surface area contributed by atoms with E-state index in [2.05, 4.69) is 10.1 Å². The van der Waals surface area contributed by atoms with Crippen molar-refractivity contribution in [3.63, 3.8) is 0 Å². The Morgan fingerprint density at radius 1 is 1.62 bits per heavy atom. The first kappa shape index (κ1) is 13.0. The third-order valence-corrected chi connectivity index (χ3v) is 3.82. The maximum absolute atomic E-state index is 11.2. The van der Waals surface area contributed by atoms with Gasteiger partial charge in [0.15, 0.2) is 0 Å². The number of nitrogens with two attached hydrogens (primary N) is 2. The second-order valence-corrected chi connectivity index (χ2v) is 5.55. The second-order valence-electron chi connectivity index (χ2n) is 2.86. The fraction of sp³-hybridized carbons (Fsp3) is 0.500. The van der Waals surface area contributed by atoms with Gasteiger partial charge in [-0.05, 0) is 0 Å². The van der Waals surface area contributed by atoms with Gasteiger partial charge in [-0.2, -0.15) is 4.99 Å². The van der Waals surface area contributed by atoms with E-state index in [4.69, 9.17) is 10.9 Å². The first-order chi connectivity index (χ1) is 7.34. The number of carbonyl (C=O) groups excluding carboxylic acids is 1. The van der Waals surface area contributed by atoms with Crippen molar-refractivity contribution in [2.45, 2.75) is 10.8 Å². The molecule has 8 nitrogen and oxygen atoms in total. The SMILES string of the molecule is Cn1nc(S(N)(=O)=O)sc1=NC(=O)CCN. The summed E-state index contributed by atoms with van der Waals surface area (Å²) in [6.07, 6.45) is 0.0998. The molecule has 0 aliphatic rings. The lowest BCUT2D eigenvalue weighted by molar-refractivity contribution is -0.117. The molecule has 0 unspecified atom stereocenters. The number of carbonyl (C=O) groups is 1. The summed E-state index contributed by atoms with van der Waals surface area (Å²) >= 11 is 0.731. The zero-order valence-corrected chi connectivity index (χ0v) is 10.1. The number of primary sulfonamides is 1. The molecule has 1 aromatic heterocycles. The van der Waals surface area contributed by atoms with Gasteiger partial charge in [0, 0.05) is 20.0 Å². The van der Waals surface area contributed by atoms with Crippen molar-refractivity contribution in [3.8, 4) is 0 Å². The Morgan fingerprint density at radius 3 is 2.69 bits per heavy atom. The molecule has 90 valence electrons. The Bertz CT molecular complexity index is 555. The molecule has 0 radical (unpaired) electrons. The van der Waals surface area contributed by atoms with Crippen molar-refractivity contribution in [1.29, 1.82) is 0 Å². The molecular formula is C6H11N5O3S2. The molecule has 4 N–H and O–H groups in total. The smallest absolute Gasteiger partial charge is 0.267 e. The molecule has 0 saturated heterocycles. The molecule has 0 aliphatic heterocycles. The summed E-state index contributed by atoms with van der Waals surface area (Å²) in [6.45, 7) is 0.187. The molecule has 0 aromatic carbocycles. The quantitative estimate of drug-likeness (QED) is 0.646. The number of hydrogen-bond acceptors (Lipinski definition) is 6. The Morgan fingerprint density at radius 2 is 2.25 bits per heavy atom. The van der Waals surface area contributed by atoms with E-state index < -0.39 is 15.9 Å². The van der Waals surface area contributed by atoms with Crippen LogP contribution in [-0.2, 0) is 21.9 Å². The molecule has 10 heteroatoms. The largest absolute Gasteiger partial charge is 0.330 e.